The first-order valence-corrected chi connectivity index (χ1v) is 6.78. The number of esters is 1. The van der Waals surface area contributed by atoms with Crippen molar-refractivity contribution in [1.82, 2.24) is 5.32 Å². The van der Waals surface area contributed by atoms with Gasteiger partial charge < -0.3 is 21.5 Å². The first kappa shape index (κ1) is 16.0. The predicted octanol–water partition coefficient (Wildman–Crippen LogP) is 0.927. The maximum atomic E-state index is 11.8. The van der Waals surface area contributed by atoms with Gasteiger partial charge in [-0.05, 0) is 36.4 Å². The van der Waals surface area contributed by atoms with Crippen LogP contribution in [0.1, 0.15) is 10.4 Å². The Morgan fingerprint density at radius 1 is 1.00 bits per heavy atom. The number of ether oxygens (including phenoxy) is 1. The second-order valence-corrected chi connectivity index (χ2v) is 4.55. The fourth-order valence-corrected chi connectivity index (χ4v) is 1.75. The van der Waals surface area contributed by atoms with E-state index >= 15 is 0 Å². The Kier molecular flexibility index (Phi) is 5.30. The van der Waals surface area contributed by atoms with E-state index < -0.39 is 5.97 Å². The lowest BCUT2D eigenvalue weighted by Crippen LogP contribution is -2.31. The second-order valence-electron chi connectivity index (χ2n) is 4.55. The van der Waals surface area contributed by atoms with Gasteiger partial charge in [-0.15, -0.1) is 0 Å². The summed E-state index contributed by atoms with van der Waals surface area (Å²) in [7, 11) is 0. The van der Waals surface area contributed by atoms with E-state index in [-0.39, 0.29) is 18.4 Å². The monoisotopic (exact) mass is 312 g/mol. The zero-order valence-electron chi connectivity index (χ0n) is 12.2. The number of aliphatic imine (C=N–C) groups is 1. The third-order valence-corrected chi connectivity index (χ3v) is 2.76. The van der Waals surface area contributed by atoms with Crippen LogP contribution in [0.4, 0.5) is 5.69 Å². The molecule has 0 bridgehead atoms. The molecule has 23 heavy (non-hydrogen) atoms. The molecule has 0 heterocycles. The minimum absolute atomic E-state index is 0.0571. The number of carbonyl (C=O) groups excluding carboxylic acids is 2. The molecule has 2 aromatic carbocycles. The van der Waals surface area contributed by atoms with Gasteiger partial charge in [0.2, 0.25) is 0 Å². The molecule has 7 nitrogen and oxygen atoms in total. The molecule has 0 saturated heterocycles. The molecular formula is C16H16N4O3. The van der Waals surface area contributed by atoms with Gasteiger partial charge >= 0.3 is 5.97 Å². The van der Waals surface area contributed by atoms with E-state index in [1.807, 2.05) is 0 Å². The van der Waals surface area contributed by atoms with Crippen molar-refractivity contribution in [1.29, 1.82) is 0 Å². The number of amides is 1. The van der Waals surface area contributed by atoms with Crippen LogP contribution in [0.15, 0.2) is 59.6 Å². The maximum Gasteiger partial charge on any atom is 0.330 e. The van der Waals surface area contributed by atoms with E-state index in [0.717, 1.165) is 0 Å². The van der Waals surface area contributed by atoms with Gasteiger partial charge in [0.25, 0.3) is 5.91 Å². The zero-order chi connectivity index (χ0) is 16.7. The van der Waals surface area contributed by atoms with Gasteiger partial charge in [0.1, 0.15) is 12.3 Å². The number of hydrogen-bond acceptors (Lipinski definition) is 4. The van der Waals surface area contributed by atoms with Crippen molar-refractivity contribution >= 4 is 23.5 Å². The minimum atomic E-state index is -0.580. The highest BCUT2D eigenvalue weighted by atomic mass is 16.5. The second kappa shape index (κ2) is 7.60. The third kappa shape index (κ3) is 5.16. The van der Waals surface area contributed by atoms with Crippen molar-refractivity contribution in [3.05, 3.63) is 60.2 Å². The van der Waals surface area contributed by atoms with E-state index in [1.165, 1.54) is 0 Å². The van der Waals surface area contributed by atoms with Crippen molar-refractivity contribution in [2.24, 2.45) is 16.5 Å². The highest BCUT2D eigenvalue weighted by Gasteiger charge is 2.09. The summed E-state index contributed by atoms with van der Waals surface area (Å²) in [5.74, 6) is -0.647. The van der Waals surface area contributed by atoms with Gasteiger partial charge in [-0.3, -0.25) is 4.79 Å². The van der Waals surface area contributed by atoms with Gasteiger partial charge in [0.15, 0.2) is 5.96 Å². The van der Waals surface area contributed by atoms with Crippen molar-refractivity contribution < 1.29 is 14.3 Å². The fourth-order valence-electron chi connectivity index (χ4n) is 1.75. The van der Waals surface area contributed by atoms with E-state index in [4.69, 9.17) is 16.2 Å². The van der Waals surface area contributed by atoms with Gasteiger partial charge in [0, 0.05) is 5.56 Å². The van der Waals surface area contributed by atoms with Crippen LogP contribution in [0.2, 0.25) is 0 Å². The third-order valence-electron chi connectivity index (χ3n) is 2.76. The van der Waals surface area contributed by atoms with Crippen molar-refractivity contribution in [3.63, 3.8) is 0 Å². The number of carbonyl (C=O) groups is 2. The van der Waals surface area contributed by atoms with Gasteiger partial charge in [-0.1, -0.05) is 18.2 Å². The lowest BCUT2D eigenvalue weighted by atomic mass is 10.2. The van der Waals surface area contributed by atoms with E-state index in [1.54, 1.807) is 54.6 Å². The molecule has 0 aromatic heterocycles. The number of hydrogen-bond donors (Lipinski definition) is 3. The quantitative estimate of drug-likeness (QED) is 0.328. The van der Waals surface area contributed by atoms with E-state index in [2.05, 4.69) is 10.3 Å². The lowest BCUT2D eigenvalue weighted by molar-refractivity contribution is -0.133. The van der Waals surface area contributed by atoms with Crippen molar-refractivity contribution in [3.8, 4) is 5.75 Å². The number of guanidine groups is 1. The van der Waals surface area contributed by atoms with Crippen LogP contribution in [0.25, 0.3) is 0 Å². The summed E-state index contributed by atoms with van der Waals surface area (Å²) in [5, 5.41) is 2.49. The van der Waals surface area contributed by atoms with Crippen LogP contribution in [-0.2, 0) is 4.79 Å². The number of rotatable bonds is 5. The SMILES string of the molecule is NC(N)=Nc1ccc(OC(=O)CNC(=O)c2ccccc2)cc1. The molecule has 0 aliphatic carbocycles. The first-order chi connectivity index (χ1) is 11.0. The first-order valence-electron chi connectivity index (χ1n) is 6.78. The molecule has 118 valence electrons. The molecular weight excluding hydrogens is 296 g/mol. The Morgan fingerprint density at radius 2 is 1.65 bits per heavy atom. The van der Waals surface area contributed by atoms with E-state index in [0.29, 0.717) is 17.0 Å². The van der Waals surface area contributed by atoms with Gasteiger partial charge in [-0.25, -0.2) is 9.79 Å². The summed E-state index contributed by atoms with van der Waals surface area (Å²) >= 11 is 0. The smallest absolute Gasteiger partial charge is 0.330 e. The number of nitrogens with one attached hydrogen (secondary N) is 1. The molecule has 0 aliphatic heterocycles. The Bertz CT molecular complexity index is 708. The molecule has 2 rings (SSSR count). The Balaban J connectivity index is 1.85. The summed E-state index contributed by atoms with van der Waals surface area (Å²) in [5.41, 5.74) is 11.5. The van der Waals surface area contributed by atoms with Crippen LogP contribution in [0.5, 0.6) is 5.75 Å². The summed E-state index contributed by atoms with van der Waals surface area (Å²) in [6, 6.07) is 14.9. The maximum absolute atomic E-state index is 11.8. The molecule has 0 atom stereocenters. The molecule has 7 heteroatoms. The Morgan fingerprint density at radius 3 is 2.26 bits per heavy atom. The van der Waals surface area contributed by atoms with Gasteiger partial charge in [-0.2, -0.15) is 0 Å². The molecule has 5 N–H and O–H groups in total. The summed E-state index contributed by atoms with van der Waals surface area (Å²) in [6.07, 6.45) is 0. The highest BCUT2D eigenvalue weighted by Crippen LogP contribution is 2.17. The lowest BCUT2D eigenvalue weighted by Gasteiger charge is -2.06. The zero-order valence-corrected chi connectivity index (χ0v) is 12.2. The number of nitrogens with two attached hydrogens (primary N) is 2. The Hall–Kier alpha value is -3.35. The summed E-state index contributed by atoms with van der Waals surface area (Å²) in [6.45, 7) is -0.233. The van der Waals surface area contributed by atoms with Crippen LogP contribution < -0.4 is 21.5 Å². The van der Waals surface area contributed by atoms with Crippen LogP contribution in [0, 0.1) is 0 Å². The van der Waals surface area contributed by atoms with Crippen LogP contribution in [-0.4, -0.2) is 24.4 Å². The molecule has 0 fully saturated rings. The molecule has 0 saturated carbocycles. The fraction of sp³-hybridized carbons (Fsp3) is 0.0625. The van der Waals surface area contributed by atoms with Crippen LogP contribution in [0.3, 0.4) is 0 Å². The topological polar surface area (TPSA) is 120 Å². The Labute approximate surface area is 133 Å². The van der Waals surface area contributed by atoms with Gasteiger partial charge in [0.05, 0.1) is 5.69 Å². The molecule has 0 radical (unpaired) electrons. The number of benzene rings is 2. The molecule has 0 aliphatic rings. The summed E-state index contributed by atoms with van der Waals surface area (Å²) in [4.78, 5) is 27.3. The minimum Gasteiger partial charge on any atom is -0.425 e. The average molecular weight is 312 g/mol. The molecule has 2 aromatic rings. The normalized spacial score (nSPS) is 9.74. The van der Waals surface area contributed by atoms with Crippen LogP contribution >= 0.6 is 0 Å². The highest BCUT2D eigenvalue weighted by molar-refractivity contribution is 5.96. The van der Waals surface area contributed by atoms with Crippen molar-refractivity contribution in [2.75, 3.05) is 6.54 Å². The molecule has 0 unspecified atom stereocenters. The molecule has 1 amide bonds. The van der Waals surface area contributed by atoms with Crippen molar-refractivity contribution in [2.45, 2.75) is 0 Å². The summed E-state index contributed by atoms with van der Waals surface area (Å²) < 4.78 is 5.10. The predicted molar refractivity (Wildman–Crippen MR) is 86.3 cm³/mol. The largest absolute Gasteiger partial charge is 0.425 e. The van der Waals surface area contributed by atoms with E-state index in [9.17, 15) is 9.59 Å². The molecule has 0 spiro atoms. The standard InChI is InChI=1S/C16H16N4O3/c17-16(18)20-12-6-8-13(9-7-12)23-14(21)10-19-15(22)11-4-2-1-3-5-11/h1-9H,10H2,(H,19,22)(H4,17,18,20). The average Bonchev–Trinajstić information content (AvgIpc) is 2.55. The number of nitrogens with zero attached hydrogens (tertiary/aromatic N) is 1.